The molecule has 0 saturated heterocycles. The molecule has 2 heteroatoms. The molecule has 0 unspecified atom stereocenters. The van der Waals surface area contributed by atoms with Gasteiger partial charge in [0.2, 0.25) is 0 Å². The van der Waals surface area contributed by atoms with Crippen LogP contribution in [0.1, 0.15) is 0 Å². The fourth-order valence-corrected chi connectivity index (χ4v) is 5.76. The van der Waals surface area contributed by atoms with Gasteiger partial charge in [-0.3, -0.25) is 0 Å². The molecule has 0 nitrogen and oxygen atoms in total. The zero-order chi connectivity index (χ0) is 11.3. The molecule has 16 heavy (non-hydrogen) atoms. The minimum absolute atomic E-state index is 0.118. The van der Waals surface area contributed by atoms with Crippen LogP contribution in [0, 0.1) is 5.82 Å². The smallest absolute Gasteiger partial charge is 0.123 e. The van der Waals surface area contributed by atoms with Gasteiger partial charge in [0.05, 0.1) is 0 Å². The van der Waals surface area contributed by atoms with Crippen molar-refractivity contribution in [2.45, 2.75) is 13.1 Å². The number of hydrogen-bond donors (Lipinski definition) is 0. The number of halogens is 1. The average molecular weight is 228 g/mol. The van der Waals surface area contributed by atoms with Crippen LogP contribution in [0.5, 0.6) is 0 Å². The molecule has 1 aliphatic heterocycles. The lowest BCUT2D eigenvalue weighted by atomic mass is 10.1. The van der Waals surface area contributed by atoms with E-state index in [-0.39, 0.29) is 5.82 Å². The van der Waals surface area contributed by atoms with Gasteiger partial charge in [-0.1, -0.05) is 43.4 Å². The maximum absolute atomic E-state index is 13.4. The highest BCUT2D eigenvalue weighted by Gasteiger charge is 2.37. The zero-order valence-corrected chi connectivity index (χ0v) is 10.4. The van der Waals surface area contributed by atoms with Crippen LogP contribution in [-0.4, -0.2) is 8.07 Å². The first-order valence-electron chi connectivity index (χ1n) is 5.50. The van der Waals surface area contributed by atoms with E-state index in [0.717, 1.165) is 0 Å². The van der Waals surface area contributed by atoms with Gasteiger partial charge in [-0.05, 0) is 33.6 Å². The van der Waals surface area contributed by atoms with Crippen molar-refractivity contribution in [1.29, 1.82) is 0 Å². The van der Waals surface area contributed by atoms with Gasteiger partial charge in [0.25, 0.3) is 0 Å². The van der Waals surface area contributed by atoms with Gasteiger partial charge >= 0.3 is 0 Å². The maximum Gasteiger partial charge on any atom is 0.123 e. The Morgan fingerprint density at radius 2 is 1.56 bits per heavy atom. The fraction of sp³-hybridized carbons (Fsp3) is 0.143. The van der Waals surface area contributed by atoms with Gasteiger partial charge in [0.15, 0.2) is 0 Å². The Balaban J connectivity index is 2.39. The third-order valence-corrected chi connectivity index (χ3v) is 7.09. The summed E-state index contributed by atoms with van der Waals surface area (Å²) < 4.78 is 13.4. The Labute approximate surface area is 95.8 Å². The number of hydrogen-bond acceptors (Lipinski definition) is 0. The van der Waals surface area contributed by atoms with Gasteiger partial charge < -0.3 is 0 Å². The summed E-state index contributed by atoms with van der Waals surface area (Å²) in [6.07, 6.45) is 0. The molecule has 3 rings (SSSR count). The van der Waals surface area contributed by atoms with Crippen LogP contribution in [0.15, 0.2) is 42.5 Å². The molecule has 80 valence electrons. The molecule has 0 spiro atoms. The summed E-state index contributed by atoms with van der Waals surface area (Å²) in [4.78, 5) is 0. The Morgan fingerprint density at radius 3 is 2.38 bits per heavy atom. The van der Waals surface area contributed by atoms with Crippen molar-refractivity contribution in [2.24, 2.45) is 0 Å². The van der Waals surface area contributed by atoms with E-state index in [1.165, 1.54) is 21.5 Å². The Hall–Kier alpha value is -1.41. The lowest BCUT2D eigenvalue weighted by molar-refractivity contribution is 0.629. The molecule has 0 atom stereocenters. The fourth-order valence-electron chi connectivity index (χ4n) is 2.68. The van der Waals surface area contributed by atoms with Gasteiger partial charge in [0, 0.05) is 0 Å². The highest BCUT2D eigenvalue weighted by molar-refractivity contribution is 7.03. The molecule has 0 amide bonds. The van der Waals surface area contributed by atoms with Crippen molar-refractivity contribution in [3.63, 3.8) is 0 Å². The standard InChI is InChI=1S/C14H13FSi/c1-16(2)13-6-4-3-5-11(13)12-8-7-10(15)9-14(12)16/h3-9H,1-2H3. The number of fused-ring (bicyclic) bond motifs is 3. The molecular weight excluding hydrogens is 215 g/mol. The van der Waals surface area contributed by atoms with Crippen LogP contribution in [0.4, 0.5) is 4.39 Å². The summed E-state index contributed by atoms with van der Waals surface area (Å²) in [5.41, 5.74) is 2.53. The number of rotatable bonds is 0. The van der Waals surface area contributed by atoms with E-state index in [0.29, 0.717) is 0 Å². The monoisotopic (exact) mass is 228 g/mol. The lowest BCUT2D eigenvalue weighted by Crippen LogP contribution is -2.49. The zero-order valence-electron chi connectivity index (χ0n) is 9.42. The van der Waals surface area contributed by atoms with Gasteiger partial charge in [0.1, 0.15) is 13.9 Å². The predicted molar refractivity (Wildman–Crippen MR) is 68.6 cm³/mol. The third-order valence-electron chi connectivity index (χ3n) is 3.55. The first-order chi connectivity index (χ1) is 7.60. The molecule has 2 aromatic rings. The molecule has 0 radical (unpaired) electrons. The highest BCUT2D eigenvalue weighted by Crippen LogP contribution is 2.27. The van der Waals surface area contributed by atoms with E-state index in [4.69, 9.17) is 0 Å². The Kier molecular flexibility index (Phi) is 1.86. The molecule has 0 bridgehead atoms. The summed E-state index contributed by atoms with van der Waals surface area (Å²) in [5.74, 6) is -0.118. The van der Waals surface area contributed by atoms with Crippen molar-refractivity contribution >= 4 is 18.4 Å². The second-order valence-electron chi connectivity index (χ2n) is 4.86. The second kappa shape index (κ2) is 3.05. The van der Waals surface area contributed by atoms with Crippen molar-refractivity contribution in [3.05, 3.63) is 48.3 Å². The van der Waals surface area contributed by atoms with Crippen LogP contribution >= 0.6 is 0 Å². The highest BCUT2D eigenvalue weighted by atomic mass is 28.3. The van der Waals surface area contributed by atoms with Crippen molar-refractivity contribution in [3.8, 4) is 11.1 Å². The minimum atomic E-state index is -1.65. The summed E-state index contributed by atoms with van der Waals surface area (Å²) in [6.45, 7) is 4.58. The van der Waals surface area contributed by atoms with Crippen LogP contribution in [-0.2, 0) is 0 Å². The normalized spacial score (nSPS) is 15.7. The first-order valence-corrected chi connectivity index (χ1v) is 8.50. The molecule has 0 aromatic heterocycles. The average Bonchev–Trinajstić information content (AvgIpc) is 2.49. The molecule has 1 aliphatic rings. The molecular formula is C14H13FSi. The van der Waals surface area contributed by atoms with E-state index in [1.807, 2.05) is 6.07 Å². The van der Waals surface area contributed by atoms with Crippen LogP contribution in [0.25, 0.3) is 11.1 Å². The van der Waals surface area contributed by atoms with Crippen LogP contribution in [0.3, 0.4) is 0 Å². The number of benzene rings is 2. The van der Waals surface area contributed by atoms with Gasteiger partial charge in [-0.2, -0.15) is 0 Å². The van der Waals surface area contributed by atoms with Gasteiger partial charge in [-0.15, -0.1) is 0 Å². The third kappa shape index (κ3) is 1.13. The van der Waals surface area contributed by atoms with Crippen molar-refractivity contribution in [1.82, 2.24) is 0 Å². The molecule has 1 heterocycles. The molecule has 0 aliphatic carbocycles. The molecule has 0 saturated carbocycles. The summed E-state index contributed by atoms with van der Waals surface area (Å²) >= 11 is 0. The Bertz CT molecular complexity index is 573. The molecule has 2 aromatic carbocycles. The second-order valence-corrected chi connectivity index (χ2v) is 9.19. The van der Waals surface area contributed by atoms with Crippen LogP contribution in [0.2, 0.25) is 13.1 Å². The Morgan fingerprint density at radius 1 is 0.875 bits per heavy atom. The maximum atomic E-state index is 13.4. The lowest BCUT2D eigenvalue weighted by Gasteiger charge is -2.18. The molecule has 0 fully saturated rings. The van der Waals surface area contributed by atoms with Crippen LogP contribution < -0.4 is 10.4 Å². The quantitative estimate of drug-likeness (QED) is 0.608. The summed E-state index contributed by atoms with van der Waals surface area (Å²) in [6, 6.07) is 13.7. The topological polar surface area (TPSA) is 0 Å². The summed E-state index contributed by atoms with van der Waals surface area (Å²) in [5, 5.41) is 2.66. The SMILES string of the molecule is C[Si]1(C)c2ccccc2-c2ccc(F)cc21. The minimum Gasteiger partial charge on any atom is -0.207 e. The summed E-state index contributed by atoms with van der Waals surface area (Å²) in [7, 11) is -1.65. The first kappa shape index (κ1) is 9.79. The van der Waals surface area contributed by atoms with E-state index in [9.17, 15) is 4.39 Å². The van der Waals surface area contributed by atoms with E-state index in [2.05, 4.69) is 37.4 Å². The van der Waals surface area contributed by atoms with Gasteiger partial charge in [-0.25, -0.2) is 4.39 Å². The van der Waals surface area contributed by atoms with E-state index < -0.39 is 8.07 Å². The van der Waals surface area contributed by atoms with E-state index >= 15 is 0 Å². The van der Waals surface area contributed by atoms with E-state index in [1.54, 1.807) is 12.1 Å². The molecule has 0 N–H and O–H groups in total. The van der Waals surface area contributed by atoms with Crippen molar-refractivity contribution in [2.75, 3.05) is 0 Å². The predicted octanol–water partition coefficient (Wildman–Crippen LogP) is 2.63. The van der Waals surface area contributed by atoms with Crippen molar-refractivity contribution < 1.29 is 4.39 Å². The largest absolute Gasteiger partial charge is 0.207 e.